The number of nitrogens with two attached hydrogens (primary N) is 2. The largest absolute Gasteiger partial charge is 0.479 e. The van der Waals surface area contributed by atoms with Crippen LogP contribution in [0.2, 0.25) is 0 Å². The molecule has 7 heteroatoms. The van der Waals surface area contributed by atoms with E-state index in [0.717, 1.165) is 12.0 Å². The number of carbonyl (C=O) groups is 1. The minimum atomic E-state index is -3.98. The smallest absolute Gasteiger partial charge is 0.216 e. The van der Waals surface area contributed by atoms with Crippen molar-refractivity contribution in [1.29, 1.82) is 0 Å². The van der Waals surface area contributed by atoms with Crippen LogP contribution in [0.15, 0.2) is 60.7 Å². The molecule has 0 fully saturated rings. The number of aryl methyl sites for hydroxylation is 1. The highest BCUT2D eigenvalue weighted by Crippen LogP contribution is 2.31. The summed E-state index contributed by atoms with van der Waals surface area (Å²) >= 11 is 0. The molecule has 4 N–H and O–H groups in total. The number of benzene rings is 2. The van der Waals surface area contributed by atoms with E-state index in [1.54, 1.807) is 12.1 Å². The number of ether oxygens (including phenoxy) is 1. The number of Topliss-reactive ketones (excluding diaryl/α,β-unsaturated/α-hetero) is 1. The van der Waals surface area contributed by atoms with Gasteiger partial charge < -0.3 is 10.5 Å². The van der Waals surface area contributed by atoms with Crippen molar-refractivity contribution in [2.24, 2.45) is 16.8 Å². The Hall–Kier alpha value is -2.22. The fourth-order valence-electron chi connectivity index (χ4n) is 3.49. The third-order valence-electron chi connectivity index (χ3n) is 5.26. The molecule has 0 bridgehead atoms. The molecule has 0 radical (unpaired) electrons. The SMILES string of the molecule is CC(CCN)CCC(CCc1ccccc1)(Oc1ccccc1)C(=O)CS(N)(=O)=O. The quantitative estimate of drug-likeness (QED) is 0.505. The molecule has 164 valence electrons. The molecule has 0 aliphatic heterocycles. The van der Waals surface area contributed by atoms with E-state index < -0.39 is 27.2 Å². The first kappa shape index (κ1) is 24.1. The first-order valence-electron chi connectivity index (χ1n) is 10.3. The normalized spacial score (nSPS) is 14.6. The lowest BCUT2D eigenvalue weighted by molar-refractivity contribution is -0.133. The van der Waals surface area contributed by atoms with Crippen LogP contribution in [0.5, 0.6) is 5.75 Å². The molecule has 0 heterocycles. The van der Waals surface area contributed by atoms with Crippen molar-refractivity contribution in [2.75, 3.05) is 12.3 Å². The number of sulfonamides is 1. The van der Waals surface area contributed by atoms with Crippen molar-refractivity contribution in [3.05, 3.63) is 66.2 Å². The molecule has 2 aromatic carbocycles. The zero-order valence-electron chi connectivity index (χ0n) is 17.5. The molecule has 2 atom stereocenters. The maximum Gasteiger partial charge on any atom is 0.216 e. The van der Waals surface area contributed by atoms with Crippen LogP contribution < -0.4 is 15.6 Å². The second-order valence-corrected chi connectivity index (χ2v) is 9.46. The lowest BCUT2D eigenvalue weighted by atomic mass is 9.83. The molecule has 30 heavy (non-hydrogen) atoms. The van der Waals surface area contributed by atoms with Crippen LogP contribution in [0.3, 0.4) is 0 Å². The Balaban J connectivity index is 2.37. The summed E-state index contributed by atoms with van der Waals surface area (Å²) in [5.41, 5.74) is 5.44. The highest BCUT2D eigenvalue weighted by Gasteiger charge is 2.41. The third-order valence-corrected chi connectivity index (χ3v) is 5.92. The van der Waals surface area contributed by atoms with Gasteiger partial charge in [-0.25, -0.2) is 13.6 Å². The first-order valence-corrected chi connectivity index (χ1v) is 12.0. The Morgan fingerprint density at radius 2 is 1.60 bits per heavy atom. The number of para-hydroxylation sites is 1. The van der Waals surface area contributed by atoms with Gasteiger partial charge in [-0.05, 0) is 62.3 Å². The van der Waals surface area contributed by atoms with Gasteiger partial charge in [0.2, 0.25) is 10.0 Å². The highest BCUT2D eigenvalue weighted by atomic mass is 32.2. The van der Waals surface area contributed by atoms with E-state index in [-0.39, 0.29) is 5.92 Å². The minimum Gasteiger partial charge on any atom is -0.479 e. The molecule has 2 unspecified atom stereocenters. The van der Waals surface area contributed by atoms with Crippen molar-refractivity contribution in [3.63, 3.8) is 0 Å². The molecule has 0 aliphatic carbocycles. The zero-order valence-corrected chi connectivity index (χ0v) is 18.3. The molecule has 6 nitrogen and oxygen atoms in total. The summed E-state index contributed by atoms with van der Waals surface area (Å²) in [7, 11) is -3.98. The molecule has 0 amide bonds. The average molecular weight is 433 g/mol. The Morgan fingerprint density at radius 1 is 1.00 bits per heavy atom. The number of hydrogen-bond acceptors (Lipinski definition) is 5. The van der Waals surface area contributed by atoms with Gasteiger partial charge in [0.05, 0.1) is 0 Å². The van der Waals surface area contributed by atoms with Gasteiger partial charge >= 0.3 is 0 Å². The van der Waals surface area contributed by atoms with Crippen molar-refractivity contribution in [1.82, 2.24) is 0 Å². The fourth-order valence-corrected chi connectivity index (χ4v) is 4.12. The summed E-state index contributed by atoms with van der Waals surface area (Å²) in [6.45, 7) is 2.63. The van der Waals surface area contributed by atoms with Crippen LogP contribution in [0.1, 0.15) is 38.2 Å². The summed E-state index contributed by atoms with van der Waals surface area (Å²) < 4.78 is 29.7. The van der Waals surface area contributed by atoms with Crippen LogP contribution in [-0.2, 0) is 21.2 Å². The average Bonchev–Trinajstić information content (AvgIpc) is 2.70. The summed E-state index contributed by atoms with van der Waals surface area (Å²) in [6.07, 6.45) is 2.84. The lowest BCUT2D eigenvalue weighted by Crippen LogP contribution is -2.49. The van der Waals surface area contributed by atoms with Crippen molar-refractivity contribution < 1.29 is 17.9 Å². The van der Waals surface area contributed by atoms with Crippen LogP contribution in [0.25, 0.3) is 0 Å². The standard InChI is InChI=1S/C23H32N2O4S/c1-19(14-17-24)12-15-23(22(26)18-30(25,27)28,29-21-10-6-3-7-11-21)16-13-20-8-4-2-5-9-20/h2-11,19H,12-18,24H2,1H3,(H2,25,27,28). The van der Waals surface area contributed by atoms with E-state index >= 15 is 0 Å². The molecule has 0 spiro atoms. The molecular formula is C23H32N2O4S. The second kappa shape index (κ2) is 11.2. The van der Waals surface area contributed by atoms with E-state index in [4.69, 9.17) is 15.6 Å². The maximum atomic E-state index is 13.3. The Kier molecular flexibility index (Phi) is 9.02. The van der Waals surface area contributed by atoms with E-state index in [1.807, 2.05) is 48.5 Å². The summed E-state index contributed by atoms with van der Waals surface area (Å²) in [4.78, 5) is 13.3. The van der Waals surface area contributed by atoms with E-state index in [1.165, 1.54) is 0 Å². The van der Waals surface area contributed by atoms with Crippen molar-refractivity contribution in [2.45, 2.75) is 44.6 Å². The number of ketones is 1. The van der Waals surface area contributed by atoms with Gasteiger partial charge in [0, 0.05) is 0 Å². The van der Waals surface area contributed by atoms with Crippen LogP contribution in [0, 0.1) is 5.92 Å². The maximum absolute atomic E-state index is 13.3. The van der Waals surface area contributed by atoms with Gasteiger partial charge in [-0.15, -0.1) is 0 Å². The third kappa shape index (κ3) is 7.89. The number of rotatable bonds is 13. The van der Waals surface area contributed by atoms with E-state index in [0.29, 0.717) is 38.0 Å². The molecule has 0 saturated carbocycles. The van der Waals surface area contributed by atoms with Gasteiger partial charge in [0.25, 0.3) is 0 Å². The van der Waals surface area contributed by atoms with Crippen LogP contribution in [-0.4, -0.2) is 32.1 Å². The molecule has 2 aromatic rings. The van der Waals surface area contributed by atoms with Gasteiger partial charge in [-0.1, -0.05) is 55.5 Å². The molecule has 0 saturated heterocycles. The van der Waals surface area contributed by atoms with Crippen molar-refractivity contribution in [3.8, 4) is 5.75 Å². The summed E-state index contributed by atoms with van der Waals surface area (Å²) in [5.74, 6) is -0.447. The highest BCUT2D eigenvalue weighted by molar-refractivity contribution is 7.89. The Bertz CT molecular complexity index is 888. The lowest BCUT2D eigenvalue weighted by Gasteiger charge is -2.34. The fraction of sp³-hybridized carbons (Fsp3) is 0.435. The topological polar surface area (TPSA) is 112 Å². The number of hydrogen-bond donors (Lipinski definition) is 2. The summed E-state index contributed by atoms with van der Waals surface area (Å²) in [5, 5.41) is 5.22. The van der Waals surface area contributed by atoms with E-state index in [2.05, 4.69) is 6.92 Å². The monoisotopic (exact) mass is 432 g/mol. The van der Waals surface area contributed by atoms with Crippen molar-refractivity contribution >= 4 is 15.8 Å². The molecule has 0 aromatic heterocycles. The minimum absolute atomic E-state index is 0.285. The van der Waals surface area contributed by atoms with Gasteiger partial charge in [-0.3, -0.25) is 4.79 Å². The Labute approximate surface area is 179 Å². The predicted octanol–water partition coefficient (Wildman–Crippen LogP) is 3.06. The number of primary sulfonamides is 1. The summed E-state index contributed by atoms with van der Waals surface area (Å²) in [6, 6.07) is 18.8. The zero-order chi connectivity index (χ0) is 22.0. The van der Waals surface area contributed by atoms with Crippen LogP contribution >= 0.6 is 0 Å². The van der Waals surface area contributed by atoms with Gasteiger partial charge in [0.1, 0.15) is 11.5 Å². The van der Waals surface area contributed by atoms with E-state index in [9.17, 15) is 13.2 Å². The Morgan fingerprint density at radius 3 is 2.17 bits per heavy atom. The van der Waals surface area contributed by atoms with Gasteiger partial charge in [-0.2, -0.15) is 0 Å². The van der Waals surface area contributed by atoms with Gasteiger partial charge in [0.15, 0.2) is 11.4 Å². The van der Waals surface area contributed by atoms with Crippen LogP contribution in [0.4, 0.5) is 0 Å². The molecule has 2 rings (SSSR count). The number of carbonyl (C=O) groups excluding carboxylic acids is 1. The first-order chi connectivity index (χ1) is 14.2. The molecule has 0 aliphatic rings. The predicted molar refractivity (Wildman–Crippen MR) is 120 cm³/mol. The second-order valence-electron chi connectivity index (χ2n) is 7.85. The molecular weight excluding hydrogens is 400 g/mol.